The number of nitrogens with zero attached hydrogens (tertiary/aromatic N) is 1. The number of hydrogen-bond acceptors (Lipinski definition) is 3. The number of carboxylic acids is 1. The predicted octanol–water partition coefficient (Wildman–Crippen LogP) is 3.87. The number of ether oxygens (including phenoxy) is 1. The van der Waals surface area contributed by atoms with Crippen molar-refractivity contribution in [1.82, 2.24) is 9.88 Å². The molecule has 0 bridgehead atoms. The van der Waals surface area contributed by atoms with Gasteiger partial charge in [-0.25, -0.2) is 9.59 Å². The number of hydrogen-bond donors (Lipinski definition) is 2. The number of aromatic nitrogens is 1. The van der Waals surface area contributed by atoms with Crippen LogP contribution in [0.3, 0.4) is 0 Å². The fraction of sp³-hybridized carbons (Fsp3) is 0.455. The van der Waals surface area contributed by atoms with Crippen LogP contribution in [0.1, 0.15) is 43.3 Å². The van der Waals surface area contributed by atoms with E-state index >= 15 is 0 Å². The second kappa shape index (κ2) is 8.95. The highest BCUT2D eigenvalue weighted by Gasteiger charge is 2.25. The number of aryl methyl sites for hydroxylation is 2. The monoisotopic (exact) mass is 386 g/mol. The van der Waals surface area contributed by atoms with Crippen LogP contribution in [0.25, 0.3) is 0 Å². The first kappa shape index (κ1) is 21.5. The lowest BCUT2D eigenvalue weighted by molar-refractivity contribution is -0.139. The summed E-state index contributed by atoms with van der Waals surface area (Å²) in [4.78, 5) is 23.6. The first-order valence-corrected chi connectivity index (χ1v) is 9.48. The summed E-state index contributed by atoms with van der Waals surface area (Å²) in [5.74, 6) is -1.08. The second-order valence-electron chi connectivity index (χ2n) is 8.02. The third-order valence-corrected chi connectivity index (χ3v) is 4.56. The standard InChI is InChI=1S/C22H30N2O4/c1-15-13-18(14-19(20(25)26)23-21(27)28-22(3,4)5)16(2)24(15)12-11-17-9-7-6-8-10-17/h6-10,13,19H,11-12,14H2,1-5H3,(H,23,27)(H,25,26). The van der Waals surface area contributed by atoms with Gasteiger partial charge in [-0.05, 0) is 58.2 Å². The molecule has 2 rings (SSSR count). The maximum absolute atomic E-state index is 12.0. The van der Waals surface area contributed by atoms with Gasteiger partial charge in [0.25, 0.3) is 0 Å². The molecule has 0 aliphatic rings. The zero-order valence-corrected chi connectivity index (χ0v) is 17.3. The minimum atomic E-state index is -1.08. The molecule has 0 fully saturated rings. The Balaban J connectivity index is 2.09. The van der Waals surface area contributed by atoms with Gasteiger partial charge in [-0.3, -0.25) is 0 Å². The molecule has 0 saturated heterocycles. The summed E-state index contributed by atoms with van der Waals surface area (Å²) < 4.78 is 7.37. The van der Waals surface area contributed by atoms with Gasteiger partial charge in [-0.15, -0.1) is 0 Å². The van der Waals surface area contributed by atoms with E-state index in [1.54, 1.807) is 20.8 Å². The highest BCUT2D eigenvalue weighted by molar-refractivity contribution is 5.80. The van der Waals surface area contributed by atoms with Gasteiger partial charge >= 0.3 is 12.1 Å². The molecule has 2 N–H and O–H groups in total. The molecule has 6 nitrogen and oxygen atoms in total. The number of alkyl carbamates (subject to hydrolysis) is 1. The van der Waals surface area contributed by atoms with E-state index in [-0.39, 0.29) is 6.42 Å². The largest absolute Gasteiger partial charge is 0.480 e. The first-order valence-electron chi connectivity index (χ1n) is 9.48. The van der Waals surface area contributed by atoms with Gasteiger partial charge in [0.2, 0.25) is 0 Å². The Morgan fingerprint density at radius 1 is 1.18 bits per heavy atom. The van der Waals surface area contributed by atoms with E-state index in [9.17, 15) is 14.7 Å². The number of carbonyl (C=O) groups is 2. The van der Waals surface area contributed by atoms with Gasteiger partial charge in [-0.2, -0.15) is 0 Å². The van der Waals surface area contributed by atoms with Gasteiger partial charge in [0.15, 0.2) is 0 Å². The second-order valence-corrected chi connectivity index (χ2v) is 8.02. The summed E-state index contributed by atoms with van der Waals surface area (Å²) in [6, 6.07) is 11.2. The summed E-state index contributed by atoms with van der Waals surface area (Å²) in [6.07, 6.45) is 0.382. The van der Waals surface area contributed by atoms with Crippen LogP contribution in [-0.2, 0) is 28.9 Å². The molecule has 6 heteroatoms. The quantitative estimate of drug-likeness (QED) is 0.757. The minimum Gasteiger partial charge on any atom is -0.480 e. The van der Waals surface area contributed by atoms with Crippen molar-refractivity contribution < 1.29 is 19.4 Å². The lowest BCUT2D eigenvalue weighted by Crippen LogP contribution is -2.44. The normalized spacial score (nSPS) is 12.5. The zero-order chi connectivity index (χ0) is 20.9. The molecule has 0 radical (unpaired) electrons. The van der Waals surface area contributed by atoms with Crippen LogP contribution in [-0.4, -0.2) is 33.4 Å². The van der Waals surface area contributed by atoms with Crippen molar-refractivity contribution in [3.63, 3.8) is 0 Å². The van der Waals surface area contributed by atoms with Crippen LogP contribution in [0, 0.1) is 13.8 Å². The van der Waals surface area contributed by atoms with Gasteiger partial charge in [0.1, 0.15) is 11.6 Å². The Labute approximate surface area is 166 Å². The molecule has 1 aromatic carbocycles. The number of rotatable bonds is 7. The van der Waals surface area contributed by atoms with E-state index in [0.29, 0.717) is 0 Å². The van der Waals surface area contributed by atoms with Crippen molar-refractivity contribution in [3.05, 3.63) is 58.9 Å². The van der Waals surface area contributed by atoms with Gasteiger partial charge in [0.05, 0.1) is 0 Å². The molecule has 152 valence electrons. The fourth-order valence-corrected chi connectivity index (χ4v) is 3.18. The summed E-state index contributed by atoms with van der Waals surface area (Å²) in [5, 5.41) is 12.0. The van der Waals surface area contributed by atoms with Crippen molar-refractivity contribution in [3.8, 4) is 0 Å². The Hall–Kier alpha value is -2.76. The van der Waals surface area contributed by atoms with Crippen molar-refractivity contribution in [2.75, 3.05) is 0 Å². The van der Waals surface area contributed by atoms with Crippen molar-refractivity contribution in [1.29, 1.82) is 0 Å². The van der Waals surface area contributed by atoms with E-state index < -0.39 is 23.7 Å². The molecule has 0 saturated carbocycles. The molecule has 1 heterocycles. The van der Waals surface area contributed by atoms with E-state index in [0.717, 1.165) is 29.9 Å². The molecule has 2 aromatic rings. The van der Waals surface area contributed by atoms with Crippen LogP contribution in [0.5, 0.6) is 0 Å². The Kier molecular flexibility index (Phi) is 6.89. The topological polar surface area (TPSA) is 80.6 Å². The third-order valence-electron chi connectivity index (χ3n) is 4.56. The lowest BCUT2D eigenvalue weighted by atomic mass is 10.1. The average molecular weight is 386 g/mol. The van der Waals surface area contributed by atoms with Crippen LogP contribution < -0.4 is 5.32 Å². The molecule has 1 aromatic heterocycles. The molecule has 1 unspecified atom stereocenters. The summed E-state index contributed by atoms with van der Waals surface area (Å²) in [7, 11) is 0. The van der Waals surface area contributed by atoms with E-state index in [2.05, 4.69) is 22.0 Å². The smallest absolute Gasteiger partial charge is 0.408 e. The first-order chi connectivity index (χ1) is 13.1. The van der Waals surface area contributed by atoms with Crippen LogP contribution in [0.2, 0.25) is 0 Å². The predicted molar refractivity (Wildman–Crippen MR) is 109 cm³/mol. The molecule has 0 spiro atoms. The van der Waals surface area contributed by atoms with E-state index in [1.807, 2.05) is 38.1 Å². The summed E-state index contributed by atoms with van der Waals surface area (Å²) in [5.41, 5.74) is 3.58. The van der Waals surface area contributed by atoms with Crippen molar-refractivity contribution >= 4 is 12.1 Å². The Bertz CT molecular complexity index is 819. The van der Waals surface area contributed by atoms with Crippen LogP contribution >= 0.6 is 0 Å². The molecule has 0 aliphatic heterocycles. The van der Waals surface area contributed by atoms with Crippen LogP contribution in [0.4, 0.5) is 4.79 Å². The van der Waals surface area contributed by atoms with Gasteiger partial charge < -0.3 is 19.7 Å². The minimum absolute atomic E-state index is 0.208. The average Bonchev–Trinajstić information content (AvgIpc) is 2.85. The maximum Gasteiger partial charge on any atom is 0.408 e. The highest BCUT2D eigenvalue weighted by Crippen LogP contribution is 2.18. The number of benzene rings is 1. The molecule has 1 amide bonds. The molecular formula is C22H30N2O4. The fourth-order valence-electron chi connectivity index (χ4n) is 3.18. The van der Waals surface area contributed by atoms with Crippen LogP contribution in [0.15, 0.2) is 36.4 Å². The SMILES string of the molecule is Cc1cc(CC(NC(=O)OC(C)(C)C)C(=O)O)c(C)n1CCc1ccccc1. The molecule has 1 atom stereocenters. The molecule has 28 heavy (non-hydrogen) atoms. The van der Waals surface area contributed by atoms with Gasteiger partial charge in [-0.1, -0.05) is 30.3 Å². The summed E-state index contributed by atoms with van der Waals surface area (Å²) >= 11 is 0. The third kappa shape index (κ3) is 6.15. The molecular weight excluding hydrogens is 356 g/mol. The highest BCUT2D eigenvalue weighted by atomic mass is 16.6. The number of carbonyl (C=O) groups excluding carboxylic acids is 1. The number of amides is 1. The zero-order valence-electron chi connectivity index (χ0n) is 17.3. The number of aliphatic carboxylic acids is 1. The Morgan fingerprint density at radius 2 is 1.82 bits per heavy atom. The number of nitrogens with one attached hydrogen (secondary N) is 1. The van der Waals surface area contributed by atoms with Gasteiger partial charge in [0, 0.05) is 24.4 Å². The summed E-state index contributed by atoms with van der Waals surface area (Å²) in [6.45, 7) is 10.0. The van der Waals surface area contributed by atoms with E-state index in [1.165, 1.54) is 5.56 Å². The van der Waals surface area contributed by atoms with Crippen molar-refractivity contribution in [2.45, 2.75) is 65.6 Å². The van der Waals surface area contributed by atoms with Crippen molar-refractivity contribution in [2.24, 2.45) is 0 Å². The number of carboxylic acid groups (broad SMARTS) is 1. The lowest BCUT2D eigenvalue weighted by Gasteiger charge is -2.22. The Morgan fingerprint density at radius 3 is 2.39 bits per heavy atom. The molecule has 0 aliphatic carbocycles. The van der Waals surface area contributed by atoms with E-state index in [4.69, 9.17) is 4.74 Å². The maximum atomic E-state index is 12.0.